The lowest BCUT2D eigenvalue weighted by molar-refractivity contribution is 0.711. The van der Waals surface area contributed by atoms with Gasteiger partial charge in [0.2, 0.25) is 0 Å². The van der Waals surface area contributed by atoms with Crippen molar-refractivity contribution in [1.29, 1.82) is 0 Å². The van der Waals surface area contributed by atoms with E-state index in [1.54, 1.807) is 11.3 Å². The Morgan fingerprint density at radius 2 is 1.90 bits per heavy atom. The van der Waals surface area contributed by atoms with Crippen LogP contribution < -0.4 is 16.0 Å². The van der Waals surface area contributed by atoms with Crippen molar-refractivity contribution >= 4 is 33.8 Å². The minimum atomic E-state index is 0.754. The van der Waals surface area contributed by atoms with E-state index in [1.807, 2.05) is 6.07 Å². The summed E-state index contributed by atoms with van der Waals surface area (Å²) in [6, 6.07) is 12.8. The molecule has 6 heteroatoms. The summed E-state index contributed by atoms with van der Waals surface area (Å²) in [6.45, 7) is 5.90. The molecule has 0 bridgehead atoms. The first-order valence-corrected chi connectivity index (χ1v) is 11.5. The molecule has 0 fully saturated rings. The summed E-state index contributed by atoms with van der Waals surface area (Å²) in [5.74, 6) is 0. The molecule has 3 aromatic rings. The minimum Gasteiger partial charge on any atom is -0.380 e. The van der Waals surface area contributed by atoms with Crippen molar-refractivity contribution in [2.45, 2.75) is 32.7 Å². The lowest BCUT2D eigenvalue weighted by Crippen LogP contribution is -2.16. The van der Waals surface area contributed by atoms with E-state index in [0.29, 0.717) is 0 Å². The van der Waals surface area contributed by atoms with E-state index in [1.165, 1.54) is 16.7 Å². The van der Waals surface area contributed by atoms with Crippen molar-refractivity contribution in [2.75, 3.05) is 30.3 Å². The molecule has 1 aromatic heterocycles. The average Bonchev–Trinajstić information content (AvgIpc) is 3.09. The van der Waals surface area contributed by atoms with E-state index in [9.17, 15) is 0 Å². The molecule has 0 spiro atoms. The highest BCUT2D eigenvalue weighted by atomic mass is 35.5. The third kappa shape index (κ3) is 4.92. The van der Waals surface area contributed by atoms with E-state index in [0.717, 1.165) is 72.5 Å². The Bertz CT molecular complexity index is 952. The van der Waals surface area contributed by atoms with Gasteiger partial charge < -0.3 is 16.0 Å². The molecule has 0 saturated carbocycles. The highest BCUT2D eigenvalue weighted by Crippen LogP contribution is 2.31. The number of hydrogen-bond donors (Lipinski definition) is 3. The molecular formula is C23H27ClN4S. The normalized spacial score (nSPS) is 13.6. The molecule has 4 rings (SSSR count). The predicted molar refractivity (Wildman–Crippen MR) is 125 cm³/mol. The fraction of sp³-hybridized carbons (Fsp3) is 0.348. The van der Waals surface area contributed by atoms with Gasteiger partial charge in [-0.3, -0.25) is 0 Å². The molecule has 2 aromatic carbocycles. The van der Waals surface area contributed by atoms with Crippen LogP contribution in [0.1, 0.15) is 30.0 Å². The number of nitrogens with one attached hydrogen (secondary N) is 3. The van der Waals surface area contributed by atoms with Gasteiger partial charge in [-0.15, -0.1) is 11.3 Å². The van der Waals surface area contributed by atoms with Crippen LogP contribution in [0.3, 0.4) is 0 Å². The van der Waals surface area contributed by atoms with Gasteiger partial charge in [0.05, 0.1) is 16.4 Å². The van der Waals surface area contributed by atoms with Gasteiger partial charge in [0.1, 0.15) is 0 Å². The van der Waals surface area contributed by atoms with Crippen LogP contribution in [0.5, 0.6) is 0 Å². The van der Waals surface area contributed by atoms with Gasteiger partial charge in [-0.2, -0.15) is 0 Å². The summed E-state index contributed by atoms with van der Waals surface area (Å²) in [6.07, 6.45) is 3.16. The molecule has 0 atom stereocenters. The van der Waals surface area contributed by atoms with Gasteiger partial charge in [-0.05, 0) is 55.1 Å². The summed E-state index contributed by atoms with van der Waals surface area (Å²) < 4.78 is 0. The lowest BCUT2D eigenvalue weighted by atomic mass is 10.0. The Kier molecular flexibility index (Phi) is 6.70. The van der Waals surface area contributed by atoms with E-state index in [4.69, 9.17) is 11.6 Å². The maximum Gasteiger partial charge on any atom is 0.183 e. The van der Waals surface area contributed by atoms with E-state index in [-0.39, 0.29) is 0 Å². The topological polar surface area (TPSA) is 49.0 Å². The smallest absolute Gasteiger partial charge is 0.183 e. The first-order valence-electron chi connectivity index (χ1n) is 10.3. The van der Waals surface area contributed by atoms with Crippen molar-refractivity contribution in [3.05, 3.63) is 63.5 Å². The maximum absolute atomic E-state index is 6.53. The zero-order valence-electron chi connectivity index (χ0n) is 16.7. The number of benzene rings is 2. The van der Waals surface area contributed by atoms with E-state index >= 15 is 0 Å². The van der Waals surface area contributed by atoms with Crippen molar-refractivity contribution < 1.29 is 0 Å². The number of rotatable bonds is 7. The SMILES string of the molecule is CCCNc1nc(-c2ccc(CNc3c(Cl)ccc4c3CCNCC4)cc2)cs1. The largest absolute Gasteiger partial charge is 0.380 e. The van der Waals surface area contributed by atoms with E-state index in [2.05, 4.69) is 63.6 Å². The van der Waals surface area contributed by atoms with Crippen LogP contribution in [-0.4, -0.2) is 24.6 Å². The summed E-state index contributed by atoms with van der Waals surface area (Å²) in [5.41, 5.74) is 7.24. The summed E-state index contributed by atoms with van der Waals surface area (Å²) >= 11 is 8.19. The van der Waals surface area contributed by atoms with Crippen molar-refractivity contribution in [2.24, 2.45) is 0 Å². The first kappa shape index (κ1) is 20.2. The standard InChI is InChI=1S/C23H27ClN4S/c1-2-11-26-23-28-21(15-29-23)18-5-3-16(4-6-18)14-27-22-19-10-13-25-12-9-17(19)7-8-20(22)24/h3-8,15,25,27H,2,9-14H2,1H3,(H,26,28). The molecule has 1 aliphatic heterocycles. The predicted octanol–water partition coefficient (Wildman–Crippen LogP) is 5.59. The van der Waals surface area contributed by atoms with Crippen LogP contribution >= 0.6 is 22.9 Å². The molecule has 0 saturated heterocycles. The Balaban J connectivity index is 1.44. The number of halogens is 1. The summed E-state index contributed by atoms with van der Waals surface area (Å²) in [5, 5.41) is 14.3. The number of aromatic nitrogens is 1. The van der Waals surface area contributed by atoms with Gasteiger partial charge >= 0.3 is 0 Å². The number of thiazole rings is 1. The third-order valence-corrected chi connectivity index (χ3v) is 6.35. The molecular weight excluding hydrogens is 400 g/mol. The second-order valence-electron chi connectivity index (χ2n) is 7.33. The molecule has 152 valence electrons. The quantitative estimate of drug-likeness (QED) is 0.461. The van der Waals surface area contributed by atoms with Crippen LogP contribution in [0.2, 0.25) is 5.02 Å². The lowest BCUT2D eigenvalue weighted by Gasteiger charge is -2.16. The molecule has 4 nitrogen and oxygen atoms in total. The fourth-order valence-electron chi connectivity index (χ4n) is 3.64. The molecule has 0 amide bonds. The van der Waals surface area contributed by atoms with Gasteiger partial charge in [-0.1, -0.05) is 48.9 Å². The van der Waals surface area contributed by atoms with Crippen LogP contribution in [0, 0.1) is 0 Å². The van der Waals surface area contributed by atoms with Crippen molar-refractivity contribution in [3.8, 4) is 11.3 Å². The molecule has 2 heterocycles. The molecule has 29 heavy (non-hydrogen) atoms. The van der Waals surface area contributed by atoms with Crippen molar-refractivity contribution in [3.63, 3.8) is 0 Å². The Hall–Kier alpha value is -2.08. The molecule has 0 radical (unpaired) electrons. The average molecular weight is 427 g/mol. The molecule has 3 N–H and O–H groups in total. The Morgan fingerprint density at radius 1 is 1.07 bits per heavy atom. The van der Waals surface area contributed by atoms with Gasteiger partial charge in [-0.25, -0.2) is 4.98 Å². The Labute approximate surface area is 181 Å². The van der Waals surface area contributed by atoms with Gasteiger partial charge in [0.15, 0.2) is 5.13 Å². The van der Waals surface area contributed by atoms with Gasteiger partial charge in [0.25, 0.3) is 0 Å². The van der Waals surface area contributed by atoms with Crippen LogP contribution in [0.25, 0.3) is 11.3 Å². The second-order valence-corrected chi connectivity index (χ2v) is 8.59. The molecule has 0 aliphatic carbocycles. The maximum atomic E-state index is 6.53. The Morgan fingerprint density at radius 3 is 2.72 bits per heavy atom. The first-order chi connectivity index (χ1) is 14.2. The fourth-order valence-corrected chi connectivity index (χ4v) is 4.63. The molecule has 0 unspecified atom stereocenters. The van der Waals surface area contributed by atoms with Crippen LogP contribution in [0.15, 0.2) is 41.8 Å². The minimum absolute atomic E-state index is 0.754. The molecule has 1 aliphatic rings. The third-order valence-electron chi connectivity index (χ3n) is 5.23. The second kappa shape index (κ2) is 9.61. The monoisotopic (exact) mass is 426 g/mol. The number of anilines is 2. The summed E-state index contributed by atoms with van der Waals surface area (Å²) in [7, 11) is 0. The number of fused-ring (bicyclic) bond motifs is 1. The van der Waals surface area contributed by atoms with Crippen LogP contribution in [-0.2, 0) is 19.4 Å². The van der Waals surface area contributed by atoms with Crippen LogP contribution in [0.4, 0.5) is 10.8 Å². The highest BCUT2D eigenvalue weighted by Gasteiger charge is 2.14. The van der Waals surface area contributed by atoms with Crippen molar-refractivity contribution in [1.82, 2.24) is 10.3 Å². The zero-order valence-corrected chi connectivity index (χ0v) is 18.3. The highest BCUT2D eigenvalue weighted by molar-refractivity contribution is 7.14. The summed E-state index contributed by atoms with van der Waals surface area (Å²) in [4.78, 5) is 4.68. The number of nitrogens with zero attached hydrogens (tertiary/aromatic N) is 1. The van der Waals surface area contributed by atoms with Gasteiger partial charge in [0, 0.05) is 24.0 Å². The van der Waals surface area contributed by atoms with E-state index < -0.39 is 0 Å². The zero-order chi connectivity index (χ0) is 20.1. The number of hydrogen-bond acceptors (Lipinski definition) is 5.